The van der Waals surface area contributed by atoms with E-state index in [2.05, 4.69) is 0 Å². The Morgan fingerprint density at radius 1 is 1.64 bits per heavy atom. The highest BCUT2D eigenvalue weighted by molar-refractivity contribution is 8.01. The minimum Gasteiger partial charge on any atom is -0.480 e. The minimum absolute atomic E-state index is 0.230. The third-order valence-corrected chi connectivity index (χ3v) is 4.92. The second-order valence-corrected chi connectivity index (χ2v) is 6.24. The molecule has 1 heterocycles. The first-order chi connectivity index (χ1) is 6.38. The number of sulfonamides is 1. The van der Waals surface area contributed by atoms with Gasteiger partial charge in [0.2, 0.25) is 10.0 Å². The molecule has 1 N–H and O–H groups in total. The number of nitrogens with zero attached hydrogens (tertiary/aromatic N) is 1. The molecular weight excluding hydrogens is 226 g/mol. The highest BCUT2D eigenvalue weighted by Crippen LogP contribution is 2.33. The highest BCUT2D eigenvalue weighted by Gasteiger charge is 2.43. The van der Waals surface area contributed by atoms with Gasteiger partial charge in [-0.1, -0.05) is 6.92 Å². The van der Waals surface area contributed by atoms with E-state index in [1.807, 2.05) is 6.92 Å². The van der Waals surface area contributed by atoms with Crippen molar-refractivity contribution in [2.45, 2.75) is 24.8 Å². The summed E-state index contributed by atoms with van der Waals surface area (Å²) >= 11 is 1.38. The Morgan fingerprint density at radius 3 is 2.57 bits per heavy atom. The maximum atomic E-state index is 11.4. The summed E-state index contributed by atoms with van der Waals surface area (Å²) in [6, 6.07) is -0.903. The number of hydrogen-bond acceptors (Lipinski definition) is 4. The minimum atomic E-state index is -3.43. The molecule has 1 saturated heterocycles. The average molecular weight is 239 g/mol. The lowest BCUT2D eigenvalue weighted by Gasteiger charge is -2.23. The van der Waals surface area contributed by atoms with E-state index in [1.54, 1.807) is 0 Å². The molecule has 0 aromatic heterocycles. The van der Waals surface area contributed by atoms with Gasteiger partial charge in [-0.15, -0.1) is 11.8 Å². The zero-order valence-electron chi connectivity index (χ0n) is 8.00. The predicted octanol–water partition coefficient (Wildman–Crippen LogP) is 0.184. The summed E-state index contributed by atoms with van der Waals surface area (Å²) in [7, 11) is -3.43. The molecule has 1 fully saturated rings. The molecule has 7 heteroatoms. The van der Waals surface area contributed by atoms with Gasteiger partial charge in [-0.25, -0.2) is 8.42 Å². The fraction of sp³-hybridized carbons (Fsp3) is 0.857. The van der Waals surface area contributed by atoms with Gasteiger partial charge in [-0.3, -0.25) is 4.79 Å². The van der Waals surface area contributed by atoms with Gasteiger partial charge in [-0.2, -0.15) is 4.31 Å². The van der Waals surface area contributed by atoms with Crippen LogP contribution in [-0.2, 0) is 14.8 Å². The zero-order chi connectivity index (χ0) is 10.9. The Labute approximate surface area is 87.5 Å². The molecule has 14 heavy (non-hydrogen) atoms. The largest absolute Gasteiger partial charge is 0.480 e. The van der Waals surface area contributed by atoms with Crippen molar-refractivity contribution in [3.05, 3.63) is 0 Å². The summed E-state index contributed by atoms with van der Waals surface area (Å²) in [4.78, 5) is 10.8. The van der Waals surface area contributed by atoms with E-state index in [0.29, 0.717) is 12.2 Å². The smallest absolute Gasteiger partial charge is 0.322 e. The first kappa shape index (κ1) is 11.8. The maximum absolute atomic E-state index is 11.4. The van der Waals surface area contributed by atoms with Crippen LogP contribution >= 0.6 is 11.8 Å². The van der Waals surface area contributed by atoms with Gasteiger partial charge in [0, 0.05) is 5.75 Å². The summed E-state index contributed by atoms with van der Waals surface area (Å²) in [5.41, 5.74) is 0. The normalized spacial score (nSPS) is 29.3. The van der Waals surface area contributed by atoms with Crippen LogP contribution in [-0.4, -0.2) is 47.2 Å². The Balaban J connectivity index is 2.98. The van der Waals surface area contributed by atoms with Crippen LogP contribution < -0.4 is 0 Å². The van der Waals surface area contributed by atoms with Gasteiger partial charge >= 0.3 is 5.97 Å². The van der Waals surface area contributed by atoms with Crippen molar-refractivity contribution >= 4 is 27.8 Å². The summed E-state index contributed by atoms with van der Waals surface area (Å²) in [6.07, 6.45) is 1.68. The first-order valence-corrected chi connectivity index (χ1v) is 7.10. The van der Waals surface area contributed by atoms with Crippen LogP contribution in [0.1, 0.15) is 13.3 Å². The average Bonchev–Trinajstić information content (AvgIpc) is 2.45. The molecular formula is C7H13NO4S2. The molecule has 0 saturated carbocycles. The van der Waals surface area contributed by atoms with Crippen LogP contribution in [0.5, 0.6) is 0 Å². The molecule has 0 spiro atoms. The van der Waals surface area contributed by atoms with Crippen LogP contribution in [0.2, 0.25) is 0 Å². The van der Waals surface area contributed by atoms with Crippen LogP contribution in [0.15, 0.2) is 0 Å². The van der Waals surface area contributed by atoms with E-state index < -0.39 is 22.0 Å². The first-order valence-electron chi connectivity index (χ1n) is 4.20. The predicted molar refractivity (Wildman–Crippen MR) is 54.6 cm³/mol. The summed E-state index contributed by atoms with van der Waals surface area (Å²) in [5.74, 6) is -0.736. The number of rotatable bonds is 3. The molecule has 0 amide bonds. The second-order valence-electron chi connectivity index (χ2n) is 3.14. The molecule has 0 radical (unpaired) electrons. The number of aliphatic carboxylic acids is 1. The van der Waals surface area contributed by atoms with E-state index >= 15 is 0 Å². The van der Waals surface area contributed by atoms with Crippen molar-refractivity contribution in [1.29, 1.82) is 0 Å². The fourth-order valence-electron chi connectivity index (χ4n) is 1.47. The fourth-order valence-corrected chi connectivity index (χ4v) is 4.66. The molecule has 1 aliphatic heterocycles. The standard InChI is InChI=1S/C7H13NO4S2/c1-3-6-8(14(2,11)12)5(4-13-6)7(9)10/h5-6H,3-4H2,1-2H3,(H,9,10). The molecule has 1 aliphatic rings. The van der Waals surface area contributed by atoms with E-state index in [4.69, 9.17) is 5.11 Å². The SMILES string of the molecule is CCC1SCC(C(=O)O)N1S(C)(=O)=O. The number of thioether (sulfide) groups is 1. The van der Waals surface area contributed by atoms with Crippen molar-refractivity contribution in [2.75, 3.05) is 12.0 Å². The Bertz CT molecular complexity index is 327. The van der Waals surface area contributed by atoms with Crippen LogP contribution in [0.25, 0.3) is 0 Å². The van der Waals surface area contributed by atoms with E-state index in [1.165, 1.54) is 11.8 Å². The van der Waals surface area contributed by atoms with Gasteiger partial charge in [0.05, 0.1) is 11.6 Å². The molecule has 2 unspecified atom stereocenters. The quantitative estimate of drug-likeness (QED) is 0.760. The summed E-state index contributed by atoms with van der Waals surface area (Å²) in [6.45, 7) is 1.85. The van der Waals surface area contributed by atoms with E-state index in [9.17, 15) is 13.2 Å². The monoisotopic (exact) mass is 239 g/mol. The lowest BCUT2D eigenvalue weighted by atomic mass is 10.3. The zero-order valence-corrected chi connectivity index (χ0v) is 9.64. The highest BCUT2D eigenvalue weighted by atomic mass is 32.2. The summed E-state index contributed by atoms with van der Waals surface area (Å²) < 4.78 is 23.8. The van der Waals surface area contributed by atoms with Gasteiger partial charge in [0.15, 0.2) is 0 Å². The number of carboxylic acid groups (broad SMARTS) is 1. The number of carbonyl (C=O) groups is 1. The lowest BCUT2D eigenvalue weighted by molar-refractivity contribution is -0.140. The summed E-state index contributed by atoms with van der Waals surface area (Å²) in [5, 5.41) is 8.61. The van der Waals surface area contributed by atoms with Gasteiger partial charge in [0.1, 0.15) is 6.04 Å². The Morgan fingerprint density at radius 2 is 2.21 bits per heavy atom. The Kier molecular flexibility index (Phi) is 3.44. The van der Waals surface area contributed by atoms with Crippen molar-refractivity contribution < 1.29 is 18.3 Å². The number of carboxylic acids is 1. The molecule has 2 atom stereocenters. The third kappa shape index (κ3) is 2.21. The van der Waals surface area contributed by atoms with Crippen LogP contribution in [0.4, 0.5) is 0 Å². The molecule has 0 aromatic carbocycles. The van der Waals surface area contributed by atoms with Gasteiger partial charge in [-0.05, 0) is 6.42 Å². The second kappa shape index (κ2) is 4.08. The maximum Gasteiger partial charge on any atom is 0.322 e. The molecule has 0 bridgehead atoms. The molecule has 0 aliphatic carbocycles. The van der Waals surface area contributed by atoms with Crippen molar-refractivity contribution in [3.8, 4) is 0 Å². The van der Waals surface area contributed by atoms with Crippen LogP contribution in [0, 0.1) is 0 Å². The number of hydrogen-bond donors (Lipinski definition) is 1. The molecule has 0 aromatic rings. The lowest BCUT2D eigenvalue weighted by Crippen LogP contribution is -2.44. The van der Waals surface area contributed by atoms with Crippen molar-refractivity contribution in [3.63, 3.8) is 0 Å². The van der Waals surface area contributed by atoms with E-state index in [-0.39, 0.29) is 5.37 Å². The van der Waals surface area contributed by atoms with E-state index in [0.717, 1.165) is 10.6 Å². The van der Waals surface area contributed by atoms with Crippen molar-refractivity contribution in [2.24, 2.45) is 0 Å². The third-order valence-electron chi connectivity index (χ3n) is 2.05. The Hall–Kier alpha value is -0.270. The molecule has 5 nitrogen and oxygen atoms in total. The topological polar surface area (TPSA) is 74.7 Å². The van der Waals surface area contributed by atoms with Crippen LogP contribution in [0.3, 0.4) is 0 Å². The van der Waals surface area contributed by atoms with Crippen molar-refractivity contribution in [1.82, 2.24) is 4.31 Å². The van der Waals surface area contributed by atoms with Gasteiger partial charge < -0.3 is 5.11 Å². The van der Waals surface area contributed by atoms with Gasteiger partial charge in [0.25, 0.3) is 0 Å². The molecule has 1 rings (SSSR count). The molecule has 82 valence electrons.